The van der Waals surface area contributed by atoms with E-state index in [4.69, 9.17) is 14.5 Å². The second-order valence-electron chi connectivity index (χ2n) is 3.50. The number of benzene rings is 1. The van der Waals surface area contributed by atoms with E-state index >= 15 is 0 Å². The van der Waals surface area contributed by atoms with Gasteiger partial charge in [-0.05, 0) is 12.1 Å². The van der Waals surface area contributed by atoms with Crippen molar-refractivity contribution >= 4 is 25.9 Å². The van der Waals surface area contributed by atoms with Crippen LogP contribution >= 0.6 is 0 Å². The topological polar surface area (TPSA) is 126 Å². The minimum Gasteiger partial charge on any atom is -0.475 e. The summed E-state index contributed by atoms with van der Waals surface area (Å²) in [7, 11) is -8.15. The molecule has 0 saturated heterocycles. The maximum Gasteiger partial charge on any atom is 0.490 e. The Hall–Kier alpha value is -1.66. The summed E-state index contributed by atoms with van der Waals surface area (Å²) in [6.45, 7) is 0. The van der Waals surface area contributed by atoms with Crippen molar-refractivity contribution in [1.82, 2.24) is 0 Å². The molecule has 1 rings (SSSR count). The Labute approximate surface area is 117 Å². The molecule has 2 N–H and O–H groups in total. The van der Waals surface area contributed by atoms with Gasteiger partial charge in [0.15, 0.2) is 9.84 Å². The van der Waals surface area contributed by atoms with Gasteiger partial charge in [0.25, 0.3) is 10.1 Å². The zero-order chi connectivity index (χ0) is 17.1. The first-order valence-corrected chi connectivity index (χ1v) is 8.07. The van der Waals surface area contributed by atoms with Gasteiger partial charge in [0.05, 0.1) is 4.90 Å². The smallest absolute Gasteiger partial charge is 0.475 e. The number of carboxylic acid groups (broad SMARTS) is 1. The Morgan fingerprint density at radius 3 is 1.57 bits per heavy atom. The van der Waals surface area contributed by atoms with Crippen LogP contribution in [0.1, 0.15) is 0 Å². The summed E-state index contributed by atoms with van der Waals surface area (Å²) in [5, 5.41) is 7.12. The van der Waals surface area contributed by atoms with Crippen molar-refractivity contribution in [2.45, 2.75) is 16.0 Å². The molecule has 0 fully saturated rings. The van der Waals surface area contributed by atoms with E-state index in [1.54, 1.807) is 0 Å². The molecule has 0 aliphatic rings. The first-order valence-electron chi connectivity index (χ1n) is 4.74. The molecule has 21 heavy (non-hydrogen) atoms. The molecule has 0 amide bonds. The van der Waals surface area contributed by atoms with Crippen molar-refractivity contribution in [2.24, 2.45) is 0 Å². The number of aliphatic carboxylic acids is 1. The van der Waals surface area contributed by atoms with Gasteiger partial charge in [0.1, 0.15) is 4.90 Å². The lowest BCUT2D eigenvalue weighted by Crippen LogP contribution is -2.21. The van der Waals surface area contributed by atoms with Gasteiger partial charge in [0.2, 0.25) is 0 Å². The summed E-state index contributed by atoms with van der Waals surface area (Å²) in [6, 6.07) is 4.87. The average molecular weight is 350 g/mol. The molecule has 0 saturated carbocycles. The third-order valence-corrected chi connectivity index (χ3v) is 3.96. The molecule has 0 radical (unpaired) electrons. The molecule has 0 spiro atoms. The van der Waals surface area contributed by atoms with Crippen molar-refractivity contribution in [1.29, 1.82) is 0 Å². The molecular weight excluding hydrogens is 341 g/mol. The Morgan fingerprint density at radius 2 is 1.38 bits per heavy atom. The average Bonchev–Trinajstić information content (AvgIpc) is 2.26. The summed E-state index contributed by atoms with van der Waals surface area (Å²) in [5.41, 5.74) is 0. The van der Waals surface area contributed by atoms with Crippen LogP contribution in [0, 0.1) is 0 Å². The van der Waals surface area contributed by atoms with Crippen LogP contribution in [0.3, 0.4) is 0 Å². The number of hydrogen-bond acceptors (Lipinski definition) is 5. The lowest BCUT2D eigenvalue weighted by atomic mass is 10.4. The second kappa shape index (κ2) is 6.41. The van der Waals surface area contributed by atoms with Crippen LogP contribution in [0.2, 0.25) is 0 Å². The van der Waals surface area contributed by atoms with Crippen molar-refractivity contribution in [3.63, 3.8) is 0 Å². The fraction of sp³-hybridized carbons (Fsp3) is 0.222. The fourth-order valence-corrected chi connectivity index (χ4v) is 3.07. The molecular formula is C9H9F3O7S2. The Bertz CT molecular complexity index is 669. The van der Waals surface area contributed by atoms with Gasteiger partial charge in [0, 0.05) is 6.26 Å². The third-order valence-electron chi connectivity index (χ3n) is 1.77. The van der Waals surface area contributed by atoms with Crippen molar-refractivity contribution in [2.75, 3.05) is 6.26 Å². The van der Waals surface area contributed by atoms with E-state index in [1.165, 1.54) is 12.1 Å². The van der Waals surface area contributed by atoms with E-state index in [9.17, 15) is 30.0 Å². The Morgan fingerprint density at radius 1 is 1.05 bits per heavy atom. The maximum absolute atomic E-state index is 11.1. The molecule has 0 unspecified atom stereocenters. The summed E-state index contributed by atoms with van der Waals surface area (Å²) >= 11 is 0. The highest BCUT2D eigenvalue weighted by Crippen LogP contribution is 2.19. The molecule has 1 aromatic carbocycles. The summed E-state index contributed by atoms with van der Waals surface area (Å²) in [4.78, 5) is 7.90. The number of sulfone groups is 1. The first-order chi connectivity index (χ1) is 9.17. The predicted octanol–water partition coefficient (Wildman–Crippen LogP) is 0.970. The summed E-state index contributed by atoms with van der Waals surface area (Å²) < 4.78 is 84.3. The van der Waals surface area contributed by atoms with E-state index in [0.717, 1.165) is 18.4 Å². The highest BCUT2D eigenvalue weighted by molar-refractivity contribution is 7.92. The van der Waals surface area contributed by atoms with Gasteiger partial charge in [-0.1, -0.05) is 12.1 Å². The normalized spacial score (nSPS) is 12.2. The predicted molar refractivity (Wildman–Crippen MR) is 63.1 cm³/mol. The van der Waals surface area contributed by atoms with E-state index in [2.05, 4.69) is 0 Å². The van der Waals surface area contributed by atoms with Crippen LogP contribution < -0.4 is 0 Å². The van der Waals surface area contributed by atoms with Crippen LogP contribution in [-0.2, 0) is 24.7 Å². The summed E-state index contributed by atoms with van der Waals surface area (Å²) in [5.74, 6) is -2.76. The van der Waals surface area contributed by atoms with Gasteiger partial charge in [-0.25, -0.2) is 13.2 Å². The van der Waals surface area contributed by atoms with E-state index in [0.29, 0.717) is 0 Å². The molecule has 7 nitrogen and oxygen atoms in total. The highest BCUT2D eigenvalue weighted by atomic mass is 32.2. The minimum absolute atomic E-state index is 0.400. The highest BCUT2D eigenvalue weighted by Gasteiger charge is 2.38. The van der Waals surface area contributed by atoms with E-state index in [1.807, 2.05) is 0 Å². The molecule has 0 aromatic heterocycles. The standard InChI is InChI=1S/C7H8O5S2.C2HF3O2/c1-13(8,9)6-4-2-3-5-7(6)14(10,11)12;3-2(4,5)1(6)7/h2-5H,1H3,(H,10,11,12);(H,6,7). The van der Waals surface area contributed by atoms with Crippen molar-refractivity contribution < 1.29 is 44.5 Å². The molecule has 120 valence electrons. The van der Waals surface area contributed by atoms with Gasteiger partial charge in [-0.15, -0.1) is 0 Å². The lowest BCUT2D eigenvalue weighted by Gasteiger charge is -2.03. The zero-order valence-corrected chi connectivity index (χ0v) is 11.8. The molecule has 0 heterocycles. The van der Waals surface area contributed by atoms with Crippen molar-refractivity contribution in [3.05, 3.63) is 24.3 Å². The molecule has 0 aliphatic heterocycles. The molecule has 0 atom stereocenters. The fourth-order valence-electron chi connectivity index (χ4n) is 0.970. The first kappa shape index (κ1) is 19.3. The quantitative estimate of drug-likeness (QED) is 0.761. The number of carboxylic acids is 1. The van der Waals surface area contributed by atoms with Crippen LogP contribution in [0.25, 0.3) is 0 Å². The van der Waals surface area contributed by atoms with Gasteiger partial charge < -0.3 is 5.11 Å². The van der Waals surface area contributed by atoms with Gasteiger partial charge in [-0.3, -0.25) is 4.55 Å². The van der Waals surface area contributed by atoms with E-state index < -0.39 is 41.9 Å². The largest absolute Gasteiger partial charge is 0.490 e. The number of rotatable bonds is 2. The maximum atomic E-state index is 11.1. The molecule has 12 heteroatoms. The molecule has 1 aromatic rings. The number of halogens is 3. The Kier molecular flexibility index (Phi) is 5.90. The minimum atomic E-state index is -5.08. The molecule has 0 bridgehead atoms. The summed E-state index contributed by atoms with van der Waals surface area (Å²) in [6.07, 6.45) is -4.21. The van der Waals surface area contributed by atoms with Crippen LogP contribution in [0.15, 0.2) is 34.1 Å². The Balaban J connectivity index is 0.000000486. The zero-order valence-electron chi connectivity index (χ0n) is 10.2. The molecule has 0 aliphatic carbocycles. The van der Waals surface area contributed by atoms with Gasteiger partial charge in [-0.2, -0.15) is 21.6 Å². The third kappa shape index (κ3) is 6.55. The van der Waals surface area contributed by atoms with Crippen LogP contribution in [0.4, 0.5) is 13.2 Å². The van der Waals surface area contributed by atoms with Gasteiger partial charge >= 0.3 is 12.1 Å². The number of hydrogen-bond donors (Lipinski definition) is 2. The van der Waals surface area contributed by atoms with Crippen LogP contribution in [0.5, 0.6) is 0 Å². The monoisotopic (exact) mass is 350 g/mol. The second-order valence-corrected chi connectivity index (χ2v) is 6.87. The number of carbonyl (C=O) groups is 1. The lowest BCUT2D eigenvalue weighted by molar-refractivity contribution is -0.192. The number of alkyl halides is 3. The van der Waals surface area contributed by atoms with Crippen LogP contribution in [-0.4, -0.2) is 44.9 Å². The van der Waals surface area contributed by atoms with E-state index in [-0.39, 0.29) is 0 Å². The van der Waals surface area contributed by atoms with Crippen molar-refractivity contribution in [3.8, 4) is 0 Å². The SMILES string of the molecule is CS(=O)(=O)c1ccccc1S(=O)(=O)O.O=C(O)C(F)(F)F.